The highest BCUT2D eigenvalue weighted by atomic mass is 35.5. The van der Waals surface area contributed by atoms with Crippen molar-refractivity contribution < 1.29 is 14.1 Å². The summed E-state index contributed by atoms with van der Waals surface area (Å²) in [5, 5.41) is 0.514. The molecule has 0 bridgehead atoms. The highest BCUT2D eigenvalue weighted by Crippen LogP contribution is 2.18. The molecule has 4 rings (SSSR count). The number of carbonyl (C=O) groups is 1. The molecule has 0 aliphatic carbocycles. The normalized spacial score (nSPS) is 15.2. The van der Waals surface area contributed by atoms with E-state index in [1.165, 1.54) is 20.6 Å². The second-order valence-electron chi connectivity index (χ2n) is 7.68. The van der Waals surface area contributed by atoms with Crippen LogP contribution in [0.4, 0.5) is 0 Å². The van der Waals surface area contributed by atoms with Crippen molar-refractivity contribution in [1.29, 1.82) is 0 Å². The summed E-state index contributed by atoms with van der Waals surface area (Å²) in [7, 11) is 0. The first kappa shape index (κ1) is 19.7. The predicted molar refractivity (Wildman–Crippen MR) is 112 cm³/mol. The first-order chi connectivity index (χ1) is 14.0. The summed E-state index contributed by atoms with van der Waals surface area (Å²) < 4.78 is 6.73. The lowest BCUT2D eigenvalue weighted by Crippen LogP contribution is -3.13. The summed E-state index contributed by atoms with van der Waals surface area (Å²) >= 11 is 5.95. The fraction of sp³-hybridized carbons (Fsp3) is 0.364. The van der Waals surface area contributed by atoms with Crippen molar-refractivity contribution in [1.82, 2.24) is 9.47 Å². The zero-order valence-corrected chi connectivity index (χ0v) is 17.2. The maximum Gasteiger partial charge on any atom is 0.419 e. The number of fused-ring (bicyclic) bond motifs is 1. The molecule has 7 heteroatoms. The second kappa shape index (κ2) is 8.43. The van der Waals surface area contributed by atoms with Gasteiger partial charge in [-0.25, -0.2) is 4.79 Å². The smallest absolute Gasteiger partial charge is 0.408 e. The molecule has 0 unspecified atom stereocenters. The molecule has 6 nitrogen and oxygen atoms in total. The summed E-state index contributed by atoms with van der Waals surface area (Å²) in [6.07, 6.45) is 0.282. The molecule has 0 radical (unpaired) electrons. The van der Waals surface area contributed by atoms with E-state index < -0.39 is 5.76 Å². The third kappa shape index (κ3) is 4.54. The zero-order chi connectivity index (χ0) is 20.4. The van der Waals surface area contributed by atoms with Crippen molar-refractivity contribution in [2.75, 3.05) is 26.2 Å². The van der Waals surface area contributed by atoms with Gasteiger partial charge < -0.3 is 14.2 Å². The maximum atomic E-state index is 12.7. The van der Waals surface area contributed by atoms with Crippen LogP contribution in [0.25, 0.3) is 11.1 Å². The molecular weight excluding hydrogens is 390 g/mol. The molecule has 29 heavy (non-hydrogen) atoms. The standard InChI is InChI=1S/C22H24ClN3O3/c1-16-3-2-4-17(13-16)15-24-9-11-25(12-10-24)21(27)7-8-26-19-6-5-18(23)14-20(19)29-22(26)28/h2-6,13-14H,7-12,15H2,1H3/p+1. The van der Waals surface area contributed by atoms with Gasteiger partial charge in [0.2, 0.25) is 5.91 Å². The van der Waals surface area contributed by atoms with Crippen molar-refractivity contribution in [3.8, 4) is 0 Å². The van der Waals surface area contributed by atoms with Crippen LogP contribution in [0.1, 0.15) is 17.5 Å². The van der Waals surface area contributed by atoms with E-state index in [9.17, 15) is 9.59 Å². The Labute approximate surface area is 174 Å². The number of rotatable bonds is 5. The molecule has 2 aromatic carbocycles. The molecule has 0 saturated carbocycles. The van der Waals surface area contributed by atoms with Crippen LogP contribution < -0.4 is 10.7 Å². The van der Waals surface area contributed by atoms with E-state index in [1.54, 1.807) is 18.2 Å². The summed E-state index contributed by atoms with van der Waals surface area (Å²) in [6.45, 7) is 6.77. The van der Waals surface area contributed by atoms with Crippen molar-refractivity contribution >= 4 is 28.6 Å². The van der Waals surface area contributed by atoms with Crippen LogP contribution in [-0.4, -0.2) is 41.6 Å². The van der Waals surface area contributed by atoms with Crippen LogP contribution in [0.3, 0.4) is 0 Å². The largest absolute Gasteiger partial charge is 0.419 e. The number of hydrogen-bond donors (Lipinski definition) is 1. The minimum atomic E-state index is -0.456. The summed E-state index contributed by atoms with van der Waals surface area (Å²) in [6, 6.07) is 13.7. The van der Waals surface area contributed by atoms with Crippen LogP contribution in [0.2, 0.25) is 5.02 Å². The molecule has 1 fully saturated rings. The SMILES string of the molecule is Cc1cccc(C[NH+]2CCN(C(=O)CCn3c(=O)oc4cc(Cl)ccc43)CC2)c1. The molecule has 1 N–H and O–H groups in total. The molecule has 1 amide bonds. The van der Waals surface area contributed by atoms with Crippen molar-refractivity contribution in [2.45, 2.75) is 26.4 Å². The Bertz CT molecular complexity index is 1080. The Morgan fingerprint density at radius 1 is 1.17 bits per heavy atom. The van der Waals surface area contributed by atoms with Gasteiger partial charge in [-0.3, -0.25) is 9.36 Å². The molecule has 2 heterocycles. The van der Waals surface area contributed by atoms with E-state index >= 15 is 0 Å². The molecule has 1 saturated heterocycles. The molecule has 1 aliphatic rings. The maximum absolute atomic E-state index is 12.7. The molecule has 3 aromatic rings. The van der Waals surface area contributed by atoms with Gasteiger partial charge in [0.05, 0.1) is 31.7 Å². The lowest BCUT2D eigenvalue weighted by molar-refractivity contribution is -0.917. The number of hydrogen-bond acceptors (Lipinski definition) is 3. The molecule has 1 aliphatic heterocycles. The Morgan fingerprint density at radius 3 is 2.72 bits per heavy atom. The van der Waals surface area contributed by atoms with E-state index in [1.807, 2.05) is 4.90 Å². The van der Waals surface area contributed by atoms with Crippen molar-refractivity contribution in [3.05, 3.63) is 69.2 Å². The third-order valence-electron chi connectivity index (χ3n) is 5.54. The third-order valence-corrected chi connectivity index (χ3v) is 5.77. The van der Waals surface area contributed by atoms with E-state index in [0.717, 1.165) is 32.7 Å². The van der Waals surface area contributed by atoms with Gasteiger partial charge in [0.1, 0.15) is 6.54 Å². The number of piperazine rings is 1. The monoisotopic (exact) mass is 414 g/mol. The Morgan fingerprint density at radius 2 is 1.97 bits per heavy atom. The number of carbonyl (C=O) groups excluding carboxylic acids is 1. The van der Waals surface area contributed by atoms with Crippen LogP contribution in [0, 0.1) is 6.92 Å². The van der Waals surface area contributed by atoms with Crippen LogP contribution >= 0.6 is 11.6 Å². The van der Waals surface area contributed by atoms with Gasteiger partial charge in [0, 0.05) is 29.6 Å². The van der Waals surface area contributed by atoms with Gasteiger partial charge in [-0.1, -0.05) is 41.4 Å². The van der Waals surface area contributed by atoms with Crippen LogP contribution in [0.15, 0.2) is 51.7 Å². The first-order valence-electron chi connectivity index (χ1n) is 9.95. The number of nitrogens with zero attached hydrogens (tertiary/aromatic N) is 2. The van der Waals surface area contributed by atoms with Crippen molar-refractivity contribution in [3.63, 3.8) is 0 Å². The number of aromatic nitrogens is 1. The number of amides is 1. The Balaban J connectivity index is 1.31. The van der Waals surface area contributed by atoms with E-state index in [2.05, 4.69) is 31.2 Å². The predicted octanol–water partition coefficient (Wildman–Crippen LogP) is 1.87. The van der Waals surface area contributed by atoms with Gasteiger partial charge in [-0.05, 0) is 19.1 Å². The number of benzene rings is 2. The fourth-order valence-corrected chi connectivity index (χ4v) is 4.14. The topological polar surface area (TPSA) is 59.9 Å². The average molecular weight is 415 g/mol. The van der Waals surface area contributed by atoms with Crippen molar-refractivity contribution in [2.24, 2.45) is 0 Å². The number of halogens is 1. The number of oxazole rings is 1. The second-order valence-corrected chi connectivity index (χ2v) is 8.11. The van der Waals surface area contributed by atoms with Gasteiger partial charge in [0.15, 0.2) is 5.58 Å². The number of nitrogens with one attached hydrogen (secondary N) is 1. The van der Waals surface area contributed by atoms with E-state index in [4.69, 9.17) is 16.0 Å². The number of aryl methyl sites for hydroxylation is 2. The molecule has 0 spiro atoms. The quantitative estimate of drug-likeness (QED) is 0.693. The zero-order valence-electron chi connectivity index (χ0n) is 16.5. The lowest BCUT2D eigenvalue weighted by atomic mass is 10.1. The van der Waals surface area contributed by atoms with Gasteiger partial charge in [-0.2, -0.15) is 0 Å². The summed E-state index contributed by atoms with van der Waals surface area (Å²) in [4.78, 5) is 28.2. The average Bonchev–Trinajstić information content (AvgIpc) is 3.00. The van der Waals surface area contributed by atoms with Crippen LogP contribution in [0.5, 0.6) is 0 Å². The van der Waals surface area contributed by atoms with Gasteiger partial charge in [-0.15, -0.1) is 0 Å². The summed E-state index contributed by atoms with van der Waals surface area (Å²) in [5.41, 5.74) is 3.73. The van der Waals surface area contributed by atoms with E-state index in [-0.39, 0.29) is 12.3 Å². The lowest BCUT2D eigenvalue weighted by Gasteiger charge is -2.32. The Hall–Kier alpha value is -2.57. The highest BCUT2D eigenvalue weighted by molar-refractivity contribution is 6.31. The number of quaternary nitrogens is 1. The highest BCUT2D eigenvalue weighted by Gasteiger charge is 2.24. The fourth-order valence-electron chi connectivity index (χ4n) is 3.98. The first-order valence-corrected chi connectivity index (χ1v) is 10.3. The molecule has 152 valence electrons. The molecular formula is C22H25ClN3O3+. The Kier molecular flexibility index (Phi) is 5.74. The minimum absolute atomic E-state index is 0.0785. The van der Waals surface area contributed by atoms with Gasteiger partial charge >= 0.3 is 5.76 Å². The summed E-state index contributed by atoms with van der Waals surface area (Å²) in [5.74, 6) is -0.377. The van der Waals surface area contributed by atoms with Gasteiger partial charge in [0.25, 0.3) is 0 Å². The minimum Gasteiger partial charge on any atom is -0.408 e. The van der Waals surface area contributed by atoms with E-state index in [0.29, 0.717) is 22.7 Å². The molecule has 0 atom stereocenters. The molecule has 1 aromatic heterocycles. The van der Waals surface area contributed by atoms with Crippen LogP contribution in [-0.2, 0) is 17.9 Å².